The van der Waals surface area contributed by atoms with Crippen molar-refractivity contribution in [1.82, 2.24) is 19.9 Å². The molecule has 0 fully saturated rings. The van der Waals surface area contributed by atoms with Crippen molar-refractivity contribution >= 4 is 0 Å². The van der Waals surface area contributed by atoms with Crippen LogP contribution in [0.4, 0.5) is 0 Å². The van der Waals surface area contributed by atoms with Crippen LogP contribution in [0.25, 0.3) is 0 Å². The van der Waals surface area contributed by atoms with Gasteiger partial charge in [0.1, 0.15) is 0 Å². The largest absolute Gasteiger partial charge is 2.00 e. The van der Waals surface area contributed by atoms with Crippen LogP contribution in [-0.4, -0.2) is 9.97 Å². The number of hydrogen-bond donors (Lipinski definition) is 0. The zero-order valence-electron chi connectivity index (χ0n) is 9.28. The fraction of sp³-hybridized carbons (Fsp3) is 0.400. The van der Waals surface area contributed by atoms with E-state index in [0.29, 0.717) is 0 Å². The molecule has 0 atom stereocenters. The van der Waals surface area contributed by atoms with Gasteiger partial charge in [-0.2, -0.15) is 0 Å². The van der Waals surface area contributed by atoms with Crippen LogP contribution >= 0.6 is 0 Å². The van der Waals surface area contributed by atoms with Crippen molar-refractivity contribution in [3.8, 4) is 0 Å². The Kier molecular flexibility index (Phi) is 5.96. The molecule has 0 bridgehead atoms. The zero-order chi connectivity index (χ0) is 10.6. The van der Waals surface area contributed by atoms with Gasteiger partial charge < -0.3 is 19.9 Å². The first-order valence-electron chi connectivity index (χ1n) is 4.44. The van der Waals surface area contributed by atoms with Crippen LogP contribution in [0, 0.1) is 27.7 Å². The van der Waals surface area contributed by atoms with Crippen molar-refractivity contribution in [2.24, 2.45) is 0 Å². The summed E-state index contributed by atoms with van der Waals surface area (Å²) in [5.41, 5.74) is 2.00. The Hall–Kier alpha value is -1.07. The van der Waals surface area contributed by atoms with Gasteiger partial charge in [-0.05, 0) is 27.7 Å². The van der Waals surface area contributed by atoms with E-state index in [2.05, 4.69) is 19.9 Å². The molecule has 4 nitrogen and oxygen atoms in total. The summed E-state index contributed by atoms with van der Waals surface area (Å²) in [6, 6.07) is 0. The third-order valence-corrected chi connectivity index (χ3v) is 1.55. The molecular formula is C10H14CoN4. The third kappa shape index (κ3) is 5.39. The molecule has 0 aromatic carbocycles. The first-order valence-corrected chi connectivity index (χ1v) is 4.44. The first kappa shape index (κ1) is 13.9. The Morgan fingerprint density at radius 2 is 1.13 bits per heavy atom. The van der Waals surface area contributed by atoms with Crippen molar-refractivity contribution < 1.29 is 16.8 Å². The van der Waals surface area contributed by atoms with E-state index in [1.165, 1.54) is 0 Å². The number of imidazole rings is 2. The molecule has 2 heterocycles. The molecule has 2 aromatic heterocycles. The second-order valence-corrected chi connectivity index (χ2v) is 3.12. The van der Waals surface area contributed by atoms with Crippen molar-refractivity contribution in [2.75, 3.05) is 0 Å². The van der Waals surface area contributed by atoms with Gasteiger partial charge in [0.25, 0.3) is 0 Å². The van der Waals surface area contributed by atoms with Crippen molar-refractivity contribution in [3.63, 3.8) is 0 Å². The van der Waals surface area contributed by atoms with Gasteiger partial charge in [0.05, 0.1) is 0 Å². The van der Waals surface area contributed by atoms with E-state index >= 15 is 0 Å². The zero-order valence-corrected chi connectivity index (χ0v) is 10.3. The molecule has 0 aliphatic carbocycles. The molecule has 0 N–H and O–H groups in total. The third-order valence-electron chi connectivity index (χ3n) is 1.55. The van der Waals surface area contributed by atoms with Crippen LogP contribution in [0.3, 0.4) is 0 Å². The van der Waals surface area contributed by atoms with Crippen molar-refractivity contribution in [2.45, 2.75) is 27.7 Å². The molecule has 0 aliphatic rings. The molecule has 2 rings (SSSR count). The summed E-state index contributed by atoms with van der Waals surface area (Å²) in [5, 5.41) is 0. The smallest absolute Gasteiger partial charge is 0.447 e. The summed E-state index contributed by atoms with van der Waals surface area (Å²) >= 11 is 0. The Bertz CT molecular complexity index is 320. The van der Waals surface area contributed by atoms with E-state index in [9.17, 15) is 0 Å². The van der Waals surface area contributed by atoms with Crippen LogP contribution in [-0.2, 0) is 16.8 Å². The average Bonchev–Trinajstić information content (AvgIpc) is 2.63. The van der Waals surface area contributed by atoms with Gasteiger partial charge in [-0.25, -0.2) is 0 Å². The van der Waals surface area contributed by atoms with Gasteiger partial charge in [0, 0.05) is 0 Å². The topological polar surface area (TPSA) is 54.0 Å². The first-order chi connectivity index (χ1) is 6.58. The summed E-state index contributed by atoms with van der Waals surface area (Å²) in [7, 11) is 0. The van der Waals surface area contributed by atoms with Gasteiger partial charge in [-0.3, -0.25) is 0 Å². The minimum Gasteiger partial charge on any atom is -0.447 e. The number of hydrogen-bond acceptors (Lipinski definition) is 2. The number of aryl methyl sites for hydroxylation is 4. The SMILES string of the molecule is Cc1c[n-]c(C)n1.Cc1c[n-]c(C)n1.[Co+2]. The predicted octanol–water partition coefficient (Wildman–Crippen LogP) is 1.31. The minimum absolute atomic E-state index is 0. The molecule has 15 heavy (non-hydrogen) atoms. The fourth-order valence-corrected chi connectivity index (χ4v) is 1.000. The van der Waals surface area contributed by atoms with Crippen molar-refractivity contribution in [3.05, 3.63) is 35.4 Å². The van der Waals surface area contributed by atoms with Crippen LogP contribution in [0.2, 0.25) is 0 Å². The van der Waals surface area contributed by atoms with E-state index in [-0.39, 0.29) is 16.8 Å². The van der Waals surface area contributed by atoms with Crippen LogP contribution in [0.1, 0.15) is 23.0 Å². The Morgan fingerprint density at radius 3 is 1.20 bits per heavy atom. The maximum atomic E-state index is 4.00. The molecular weight excluding hydrogens is 235 g/mol. The molecule has 0 amide bonds. The second-order valence-electron chi connectivity index (χ2n) is 3.12. The van der Waals surface area contributed by atoms with Crippen LogP contribution in [0.5, 0.6) is 0 Å². The van der Waals surface area contributed by atoms with E-state index in [0.717, 1.165) is 23.0 Å². The Morgan fingerprint density at radius 1 is 0.800 bits per heavy atom. The van der Waals surface area contributed by atoms with E-state index in [1.807, 2.05) is 27.7 Å². The number of aromatic nitrogens is 4. The summed E-state index contributed by atoms with van der Waals surface area (Å²) in [6.45, 7) is 7.62. The van der Waals surface area contributed by atoms with Crippen LogP contribution < -0.4 is 9.97 Å². The number of nitrogens with zero attached hydrogens (tertiary/aromatic N) is 4. The molecule has 0 aliphatic heterocycles. The fourth-order valence-electron chi connectivity index (χ4n) is 1.000. The average molecular weight is 249 g/mol. The molecule has 83 valence electrons. The molecule has 0 saturated heterocycles. The van der Waals surface area contributed by atoms with Crippen LogP contribution in [0.15, 0.2) is 12.4 Å². The molecule has 0 unspecified atom stereocenters. The molecule has 5 heteroatoms. The minimum atomic E-state index is 0. The van der Waals surface area contributed by atoms with Gasteiger partial charge in [0.2, 0.25) is 0 Å². The Labute approximate surface area is 100 Å². The van der Waals surface area contributed by atoms with E-state index in [1.54, 1.807) is 12.4 Å². The van der Waals surface area contributed by atoms with Gasteiger partial charge >= 0.3 is 16.8 Å². The van der Waals surface area contributed by atoms with E-state index < -0.39 is 0 Å². The standard InChI is InChI=1S/2C5H7N2.Co/c2*1-4-3-6-5(2)7-4;/h2*3H,1-2H3;/q2*-1;+2. The second kappa shape index (κ2) is 6.42. The van der Waals surface area contributed by atoms with Crippen molar-refractivity contribution in [1.29, 1.82) is 0 Å². The predicted molar refractivity (Wildman–Crippen MR) is 54.1 cm³/mol. The monoisotopic (exact) mass is 249 g/mol. The van der Waals surface area contributed by atoms with Gasteiger partial charge in [-0.15, -0.1) is 0 Å². The molecule has 0 spiro atoms. The molecule has 0 saturated carbocycles. The molecule has 1 radical (unpaired) electrons. The van der Waals surface area contributed by atoms with E-state index in [4.69, 9.17) is 0 Å². The van der Waals surface area contributed by atoms with Gasteiger partial charge in [-0.1, -0.05) is 35.4 Å². The summed E-state index contributed by atoms with van der Waals surface area (Å²) in [4.78, 5) is 15.8. The van der Waals surface area contributed by atoms with Gasteiger partial charge in [0.15, 0.2) is 0 Å². The maximum absolute atomic E-state index is 4.00. The normalized spacial score (nSPS) is 8.80. The Balaban J connectivity index is 0.000000245. The maximum Gasteiger partial charge on any atom is 2.00 e. The summed E-state index contributed by atoms with van der Waals surface area (Å²) < 4.78 is 0. The molecule has 2 aromatic rings. The quantitative estimate of drug-likeness (QED) is 0.706. The summed E-state index contributed by atoms with van der Waals surface area (Å²) in [6.07, 6.45) is 3.52. The number of rotatable bonds is 0. The summed E-state index contributed by atoms with van der Waals surface area (Å²) in [5.74, 6) is 1.72.